The van der Waals surface area contributed by atoms with Crippen LogP contribution >= 0.6 is 11.8 Å². The van der Waals surface area contributed by atoms with Crippen LogP contribution in [-0.4, -0.2) is 73.5 Å². The smallest absolute Gasteiger partial charge is 0.232 e. The lowest BCUT2D eigenvalue weighted by molar-refractivity contribution is -0.137. The van der Waals surface area contributed by atoms with Crippen LogP contribution in [0.15, 0.2) is 0 Å². The second-order valence-electron chi connectivity index (χ2n) is 3.56. The first kappa shape index (κ1) is 13.8. The van der Waals surface area contributed by atoms with Gasteiger partial charge in [0.15, 0.2) is 0 Å². The van der Waals surface area contributed by atoms with Crippen LogP contribution in [0.3, 0.4) is 0 Å². The normalized spacial score (nSPS) is 21.1. The van der Waals surface area contributed by atoms with E-state index in [1.54, 1.807) is 23.8 Å². The molecule has 1 unspecified atom stereocenters. The zero-order valence-electron chi connectivity index (χ0n) is 9.55. The Balaban J connectivity index is 2.19. The first-order valence-corrected chi connectivity index (χ1v) is 6.50. The number of hydrogen-bond donors (Lipinski definition) is 1. The van der Waals surface area contributed by atoms with Crippen molar-refractivity contribution in [3.8, 4) is 0 Å². The van der Waals surface area contributed by atoms with E-state index in [9.17, 15) is 4.79 Å². The van der Waals surface area contributed by atoms with E-state index in [4.69, 9.17) is 14.6 Å². The molecule has 1 heterocycles. The van der Waals surface area contributed by atoms with E-state index in [0.717, 1.165) is 5.75 Å². The first-order chi connectivity index (χ1) is 7.77. The number of hydrogen-bond acceptors (Lipinski definition) is 5. The summed E-state index contributed by atoms with van der Waals surface area (Å²) < 4.78 is 10.2. The number of aliphatic hydroxyl groups excluding tert-OH is 1. The highest BCUT2D eigenvalue weighted by Crippen LogP contribution is 2.08. The molecule has 0 radical (unpaired) electrons. The zero-order valence-corrected chi connectivity index (χ0v) is 10.4. The summed E-state index contributed by atoms with van der Waals surface area (Å²) in [5.74, 6) is 1.42. The first-order valence-electron chi connectivity index (χ1n) is 5.35. The van der Waals surface area contributed by atoms with Crippen LogP contribution in [0.25, 0.3) is 0 Å². The highest BCUT2D eigenvalue weighted by atomic mass is 32.2. The lowest BCUT2D eigenvalue weighted by Gasteiger charge is -2.32. The summed E-state index contributed by atoms with van der Waals surface area (Å²) in [5, 5.41) is 8.95. The van der Waals surface area contributed by atoms with Crippen molar-refractivity contribution >= 4 is 17.7 Å². The van der Waals surface area contributed by atoms with Gasteiger partial charge in [-0.05, 0) is 0 Å². The largest absolute Gasteiger partial charge is 0.394 e. The van der Waals surface area contributed by atoms with Crippen LogP contribution in [0.1, 0.15) is 0 Å². The average Bonchev–Trinajstić information content (AvgIpc) is 2.34. The summed E-state index contributed by atoms with van der Waals surface area (Å²) in [7, 11) is 1.65. The number of carbonyl (C=O) groups excluding carboxylic acids is 1. The molecule has 16 heavy (non-hydrogen) atoms. The summed E-state index contributed by atoms with van der Waals surface area (Å²) in [5.41, 5.74) is 0. The Hall–Kier alpha value is -0.300. The van der Waals surface area contributed by atoms with Gasteiger partial charge < -0.3 is 19.5 Å². The van der Waals surface area contributed by atoms with Crippen molar-refractivity contribution in [1.82, 2.24) is 4.90 Å². The summed E-state index contributed by atoms with van der Waals surface area (Å²) in [6, 6.07) is 0. The maximum Gasteiger partial charge on any atom is 0.232 e. The van der Waals surface area contributed by atoms with Gasteiger partial charge in [0.25, 0.3) is 0 Å². The second kappa shape index (κ2) is 7.89. The van der Waals surface area contributed by atoms with Crippen LogP contribution in [0.2, 0.25) is 0 Å². The molecule has 1 atom stereocenters. The summed E-state index contributed by atoms with van der Waals surface area (Å²) in [4.78, 5) is 13.5. The van der Waals surface area contributed by atoms with Crippen LogP contribution < -0.4 is 0 Å². The lowest BCUT2D eigenvalue weighted by Crippen LogP contribution is -2.47. The van der Waals surface area contributed by atoms with Gasteiger partial charge in [0.1, 0.15) is 0 Å². The van der Waals surface area contributed by atoms with E-state index < -0.39 is 0 Å². The standard InChI is InChI=1S/C10H19NO4S/c1-14-4-5-16-8-10(13)11-2-3-15-9(6-11)7-12/h9,12H,2-8H2,1H3. The predicted molar refractivity (Wildman–Crippen MR) is 62.6 cm³/mol. The summed E-state index contributed by atoms with van der Waals surface area (Å²) >= 11 is 1.57. The third-order valence-corrected chi connectivity index (χ3v) is 3.26. The molecule has 0 bridgehead atoms. The number of morpholine rings is 1. The molecule has 0 aromatic carbocycles. The second-order valence-corrected chi connectivity index (χ2v) is 4.67. The van der Waals surface area contributed by atoms with Crippen molar-refractivity contribution in [3.63, 3.8) is 0 Å². The van der Waals surface area contributed by atoms with Gasteiger partial charge in [-0.1, -0.05) is 0 Å². The van der Waals surface area contributed by atoms with E-state index in [2.05, 4.69) is 0 Å². The monoisotopic (exact) mass is 249 g/mol. The van der Waals surface area contributed by atoms with E-state index in [1.165, 1.54) is 0 Å². The number of aliphatic hydroxyl groups is 1. The maximum atomic E-state index is 11.7. The Labute approximate surface area is 100 Å². The van der Waals surface area contributed by atoms with Gasteiger partial charge in [0.2, 0.25) is 5.91 Å². The van der Waals surface area contributed by atoms with Gasteiger partial charge in [0, 0.05) is 26.0 Å². The minimum atomic E-state index is -0.221. The van der Waals surface area contributed by atoms with E-state index >= 15 is 0 Å². The summed E-state index contributed by atoms with van der Waals surface area (Å²) in [6.07, 6.45) is -0.221. The van der Waals surface area contributed by atoms with Crippen molar-refractivity contribution in [2.75, 3.05) is 51.5 Å². The number of nitrogens with zero attached hydrogens (tertiary/aromatic N) is 1. The lowest BCUT2D eigenvalue weighted by atomic mass is 10.3. The SMILES string of the molecule is COCCSCC(=O)N1CCOC(CO)C1. The molecule has 94 valence electrons. The van der Waals surface area contributed by atoms with E-state index in [-0.39, 0.29) is 18.6 Å². The van der Waals surface area contributed by atoms with Gasteiger partial charge >= 0.3 is 0 Å². The van der Waals surface area contributed by atoms with E-state index in [1.807, 2.05) is 0 Å². The molecule has 5 nitrogen and oxygen atoms in total. The Morgan fingerprint density at radius 3 is 3.19 bits per heavy atom. The van der Waals surface area contributed by atoms with Gasteiger partial charge in [-0.15, -0.1) is 11.8 Å². The minimum Gasteiger partial charge on any atom is -0.394 e. The molecule has 0 aromatic heterocycles. The van der Waals surface area contributed by atoms with E-state index in [0.29, 0.717) is 32.1 Å². The van der Waals surface area contributed by atoms with Gasteiger partial charge in [-0.25, -0.2) is 0 Å². The maximum absolute atomic E-state index is 11.7. The molecular formula is C10H19NO4S. The van der Waals surface area contributed by atoms with Crippen LogP contribution in [-0.2, 0) is 14.3 Å². The minimum absolute atomic E-state index is 0.0272. The Kier molecular flexibility index (Phi) is 6.79. The fourth-order valence-electron chi connectivity index (χ4n) is 1.45. The number of carbonyl (C=O) groups is 1. The molecule has 1 rings (SSSR count). The molecule has 1 N–H and O–H groups in total. The van der Waals surface area contributed by atoms with Crippen molar-refractivity contribution in [2.45, 2.75) is 6.10 Å². The predicted octanol–water partition coefficient (Wildman–Crippen LogP) is -0.414. The molecule has 6 heteroatoms. The summed E-state index contributed by atoms with van der Waals surface area (Å²) in [6.45, 7) is 2.28. The number of amides is 1. The number of thioether (sulfide) groups is 1. The van der Waals surface area contributed by atoms with Crippen LogP contribution in [0, 0.1) is 0 Å². The van der Waals surface area contributed by atoms with Gasteiger partial charge in [-0.2, -0.15) is 0 Å². The molecule has 1 amide bonds. The Bertz CT molecular complexity index is 215. The molecule has 0 saturated carbocycles. The quantitative estimate of drug-likeness (QED) is 0.648. The molecule has 0 aromatic rings. The fraction of sp³-hybridized carbons (Fsp3) is 0.900. The van der Waals surface area contributed by atoms with Crippen LogP contribution in [0.4, 0.5) is 0 Å². The van der Waals surface area contributed by atoms with Crippen molar-refractivity contribution in [3.05, 3.63) is 0 Å². The zero-order chi connectivity index (χ0) is 11.8. The third-order valence-electron chi connectivity index (χ3n) is 2.35. The molecule has 0 spiro atoms. The molecule has 1 fully saturated rings. The van der Waals surface area contributed by atoms with Gasteiger partial charge in [0.05, 0.1) is 31.7 Å². The highest BCUT2D eigenvalue weighted by Gasteiger charge is 2.23. The average molecular weight is 249 g/mol. The topological polar surface area (TPSA) is 59.0 Å². The molecule has 1 saturated heterocycles. The highest BCUT2D eigenvalue weighted by molar-refractivity contribution is 7.99. The fourth-order valence-corrected chi connectivity index (χ4v) is 2.24. The third kappa shape index (κ3) is 4.69. The molecular weight excluding hydrogens is 230 g/mol. The van der Waals surface area contributed by atoms with Crippen molar-refractivity contribution in [1.29, 1.82) is 0 Å². The molecule has 0 aliphatic carbocycles. The Morgan fingerprint density at radius 2 is 2.50 bits per heavy atom. The van der Waals surface area contributed by atoms with Crippen molar-refractivity contribution in [2.24, 2.45) is 0 Å². The Morgan fingerprint density at radius 1 is 1.69 bits per heavy atom. The molecule has 1 aliphatic rings. The number of ether oxygens (including phenoxy) is 2. The van der Waals surface area contributed by atoms with Crippen LogP contribution in [0.5, 0.6) is 0 Å². The van der Waals surface area contributed by atoms with Crippen molar-refractivity contribution < 1.29 is 19.4 Å². The van der Waals surface area contributed by atoms with Gasteiger partial charge in [-0.3, -0.25) is 4.79 Å². The molecule has 1 aliphatic heterocycles. The number of rotatable bonds is 6. The number of methoxy groups -OCH3 is 1.